The number of rotatable bonds is 6. The maximum atomic E-state index is 11.6. The van der Waals surface area contributed by atoms with Crippen molar-refractivity contribution in [3.63, 3.8) is 0 Å². The van der Waals surface area contributed by atoms with Gasteiger partial charge in [0.15, 0.2) is 0 Å². The van der Waals surface area contributed by atoms with Crippen LogP contribution in [0.25, 0.3) is 0 Å². The number of nitrogens with one attached hydrogen (secondary N) is 1. The van der Waals surface area contributed by atoms with Crippen molar-refractivity contribution in [3.05, 3.63) is 0 Å². The number of nitrogens with two attached hydrogens (primary N) is 1. The van der Waals surface area contributed by atoms with Gasteiger partial charge in [-0.3, -0.25) is 4.79 Å². The molecule has 0 aliphatic carbocycles. The number of hydrogen-bond acceptors (Lipinski definition) is 3. The monoisotopic (exact) mass is 212 g/mol. The third-order valence-electron chi connectivity index (χ3n) is 2.54. The van der Waals surface area contributed by atoms with Gasteiger partial charge in [0, 0.05) is 18.6 Å². The molecular weight excluding hydrogens is 192 g/mol. The van der Waals surface area contributed by atoms with Gasteiger partial charge in [0.05, 0.1) is 6.04 Å². The third-order valence-corrected chi connectivity index (χ3v) is 2.54. The molecule has 0 aliphatic rings. The zero-order valence-electron chi connectivity index (χ0n) is 9.42. The van der Waals surface area contributed by atoms with Crippen molar-refractivity contribution < 1.29 is 9.90 Å². The Balaban J connectivity index is 4.30. The van der Waals surface area contributed by atoms with Crippen LogP contribution in [0.1, 0.15) is 33.1 Å². The van der Waals surface area contributed by atoms with Gasteiger partial charge in [-0.1, -0.05) is 6.92 Å². The highest BCUT2D eigenvalue weighted by atomic mass is 16.3. The Bertz CT molecular complexity index is 247. The number of terminal acetylenes is 1. The second-order valence-corrected chi connectivity index (χ2v) is 3.89. The van der Waals surface area contributed by atoms with Crippen LogP contribution in [0.2, 0.25) is 0 Å². The molecule has 1 amide bonds. The molecule has 4 nitrogen and oxygen atoms in total. The molecular formula is C11H20N2O2. The lowest BCUT2D eigenvalue weighted by atomic mass is 9.94. The highest BCUT2D eigenvalue weighted by Gasteiger charge is 2.25. The first-order valence-electron chi connectivity index (χ1n) is 5.11. The van der Waals surface area contributed by atoms with E-state index in [0.29, 0.717) is 6.42 Å². The van der Waals surface area contributed by atoms with Gasteiger partial charge in [0.1, 0.15) is 0 Å². The molecule has 15 heavy (non-hydrogen) atoms. The molecule has 0 heterocycles. The van der Waals surface area contributed by atoms with E-state index in [1.54, 1.807) is 0 Å². The van der Waals surface area contributed by atoms with Crippen LogP contribution in [0.3, 0.4) is 0 Å². The predicted molar refractivity (Wildman–Crippen MR) is 60.0 cm³/mol. The molecule has 4 N–H and O–H groups in total. The summed E-state index contributed by atoms with van der Waals surface area (Å²) < 4.78 is 0. The van der Waals surface area contributed by atoms with E-state index in [9.17, 15) is 4.79 Å². The van der Waals surface area contributed by atoms with Crippen LogP contribution in [0.4, 0.5) is 0 Å². The van der Waals surface area contributed by atoms with E-state index in [-0.39, 0.29) is 18.9 Å². The average molecular weight is 212 g/mol. The van der Waals surface area contributed by atoms with E-state index in [1.807, 2.05) is 13.8 Å². The number of hydrogen-bond donors (Lipinski definition) is 3. The zero-order valence-corrected chi connectivity index (χ0v) is 9.42. The molecule has 0 saturated heterocycles. The van der Waals surface area contributed by atoms with Crippen LogP contribution in [-0.4, -0.2) is 29.2 Å². The Morgan fingerprint density at radius 2 is 2.33 bits per heavy atom. The molecule has 0 rings (SSSR count). The van der Waals surface area contributed by atoms with Gasteiger partial charge >= 0.3 is 0 Å². The van der Waals surface area contributed by atoms with Crippen molar-refractivity contribution in [2.45, 2.75) is 44.7 Å². The maximum Gasteiger partial charge on any atom is 0.238 e. The van der Waals surface area contributed by atoms with E-state index in [1.165, 1.54) is 0 Å². The van der Waals surface area contributed by atoms with Gasteiger partial charge in [-0.25, -0.2) is 0 Å². The summed E-state index contributed by atoms with van der Waals surface area (Å²) in [6.07, 6.45) is 6.55. The van der Waals surface area contributed by atoms with Gasteiger partial charge in [0.2, 0.25) is 5.91 Å². The Kier molecular flexibility index (Phi) is 5.99. The maximum absolute atomic E-state index is 11.6. The first kappa shape index (κ1) is 13.9. The summed E-state index contributed by atoms with van der Waals surface area (Å²) in [5.74, 6) is 2.09. The highest BCUT2D eigenvalue weighted by Crippen LogP contribution is 2.13. The average Bonchev–Trinajstić information content (AvgIpc) is 2.18. The van der Waals surface area contributed by atoms with Gasteiger partial charge < -0.3 is 16.2 Å². The fraction of sp³-hybridized carbons (Fsp3) is 0.727. The summed E-state index contributed by atoms with van der Waals surface area (Å²) in [6.45, 7) is 3.86. The van der Waals surface area contributed by atoms with Crippen molar-refractivity contribution in [3.8, 4) is 12.3 Å². The molecule has 0 aliphatic heterocycles. The van der Waals surface area contributed by atoms with Crippen LogP contribution in [0.5, 0.6) is 0 Å². The van der Waals surface area contributed by atoms with E-state index >= 15 is 0 Å². The molecule has 0 fully saturated rings. The van der Waals surface area contributed by atoms with Crippen LogP contribution in [-0.2, 0) is 4.79 Å². The second-order valence-electron chi connectivity index (χ2n) is 3.89. The molecule has 4 heteroatoms. The Morgan fingerprint density at radius 3 is 2.73 bits per heavy atom. The summed E-state index contributed by atoms with van der Waals surface area (Å²) in [5.41, 5.74) is 5.16. The minimum Gasteiger partial charge on any atom is -0.396 e. The van der Waals surface area contributed by atoms with Crippen LogP contribution >= 0.6 is 0 Å². The molecule has 2 atom stereocenters. The van der Waals surface area contributed by atoms with Gasteiger partial charge in [0.25, 0.3) is 0 Å². The molecule has 0 aromatic carbocycles. The zero-order chi connectivity index (χ0) is 11.9. The molecule has 2 unspecified atom stereocenters. The molecule has 0 spiro atoms. The molecule has 0 aromatic rings. The van der Waals surface area contributed by atoms with Crippen molar-refractivity contribution in [1.82, 2.24) is 5.32 Å². The normalized spacial score (nSPS) is 16.2. The van der Waals surface area contributed by atoms with Crippen molar-refractivity contribution in [2.24, 2.45) is 5.73 Å². The topological polar surface area (TPSA) is 75.4 Å². The first-order valence-corrected chi connectivity index (χ1v) is 5.11. The van der Waals surface area contributed by atoms with Crippen molar-refractivity contribution >= 4 is 5.91 Å². The second kappa shape index (κ2) is 6.44. The third kappa shape index (κ3) is 4.82. The fourth-order valence-corrected chi connectivity index (χ4v) is 1.18. The first-order chi connectivity index (χ1) is 6.99. The highest BCUT2D eigenvalue weighted by molar-refractivity contribution is 5.82. The minimum atomic E-state index is -0.667. The SMILES string of the molecule is C#CCC(N)C(=O)NC(C)(CC)CCO. The van der Waals surface area contributed by atoms with Crippen molar-refractivity contribution in [1.29, 1.82) is 0 Å². The van der Waals surface area contributed by atoms with Crippen molar-refractivity contribution in [2.75, 3.05) is 6.61 Å². The predicted octanol–water partition coefficient (Wildman–Crippen LogP) is 0.00430. The summed E-state index contributed by atoms with van der Waals surface area (Å²) in [5, 5.41) is 11.7. The lowest BCUT2D eigenvalue weighted by Gasteiger charge is -2.30. The molecule has 0 radical (unpaired) electrons. The molecule has 0 saturated carbocycles. The molecule has 86 valence electrons. The van der Waals surface area contributed by atoms with E-state index in [4.69, 9.17) is 17.3 Å². The summed E-state index contributed by atoms with van der Waals surface area (Å²) >= 11 is 0. The fourth-order valence-electron chi connectivity index (χ4n) is 1.18. The summed E-state index contributed by atoms with van der Waals surface area (Å²) in [7, 11) is 0. The summed E-state index contributed by atoms with van der Waals surface area (Å²) in [6, 6.07) is -0.667. The van der Waals surface area contributed by atoms with Gasteiger partial charge in [-0.15, -0.1) is 12.3 Å². The van der Waals surface area contributed by atoms with E-state index < -0.39 is 11.6 Å². The largest absolute Gasteiger partial charge is 0.396 e. The lowest BCUT2D eigenvalue weighted by Crippen LogP contribution is -2.52. The number of aliphatic hydroxyl groups is 1. The van der Waals surface area contributed by atoms with Crippen LogP contribution in [0, 0.1) is 12.3 Å². The number of carbonyl (C=O) groups excluding carboxylic acids is 1. The Labute approximate surface area is 91.2 Å². The quantitative estimate of drug-likeness (QED) is 0.543. The van der Waals surface area contributed by atoms with E-state index in [0.717, 1.165) is 6.42 Å². The number of amides is 1. The van der Waals surface area contributed by atoms with Gasteiger partial charge in [-0.2, -0.15) is 0 Å². The van der Waals surface area contributed by atoms with Gasteiger partial charge in [-0.05, 0) is 19.8 Å². The molecule has 0 aromatic heterocycles. The lowest BCUT2D eigenvalue weighted by molar-refractivity contribution is -0.124. The Hall–Kier alpha value is -1.05. The minimum absolute atomic E-state index is 0.0367. The Morgan fingerprint density at radius 1 is 1.73 bits per heavy atom. The number of aliphatic hydroxyl groups excluding tert-OH is 1. The van der Waals surface area contributed by atoms with E-state index in [2.05, 4.69) is 11.2 Å². The number of carbonyl (C=O) groups is 1. The molecule has 0 bridgehead atoms. The summed E-state index contributed by atoms with van der Waals surface area (Å²) in [4.78, 5) is 11.6. The smallest absolute Gasteiger partial charge is 0.238 e. The van der Waals surface area contributed by atoms with Crippen LogP contribution in [0.15, 0.2) is 0 Å². The standard InChI is InChI=1S/C11H20N2O2/c1-4-6-9(12)10(15)13-11(3,5-2)7-8-14/h1,9,14H,5-8,12H2,2-3H3,(H,13,15). The van der Waals surface area contributed by atoms with Crippen LogP contribution < -0.4 is 11.1 Å².